The molecule has 0 saturated heterocycles. The third-order valence-electron chi connectivity index (χ3n) is 4.43. The van der Waals surface area contributed by atoms with Gasteiger partial charge < -0.3 is 9.84 Å². The molecule has 1 aliphatic heterocycles. The Labute approximate surface area is 143 Å². The van der Waals surface area contributed by atoms with Crippen molar-refractivity contribution in [3.63, 3.8) is 0 Å². The first-order valence-corrected chi connectivity index (χ1v) is 8.33. The van der Waals surface area contributed by atoms with Crippen molar-refractivity contribution < 1.29 is 9.84 Å². The molecule has 0 saturated carbocycles. The number of nitrogens with one attached hydrogen (secondary N) is 1. The van der Waals surface area contributed by atoms with Crippen molar-refractivity contribution in [1.82, 2.24) is 5.32 Å². The van der Waals surface area contributed by atoms with Gasteiger partial charge in [-0.15, -0.1) is 0 Å². The van der Waals surface area contributed by atoms with Gasteiger partial charge in [0.25, 0.3) is 0 Å². The van der Waals surface area contributed by atoms with Crippen LogP contribution in [0.3, 0.4) is 0 Å². The van der Waals surface area contributed by atoms with Crippen molar-refractivity contribution in [3.05, 3.63) is 59.7 Å². The summed E-state index contributed by atoms with van der Waals surface area (Å²) in [5.41, 5.74) is 3.08. The monoisotopic (exact) mass is 324 g/mol. The number of aliphatic imine (C=N–C) groups is 1. The average molecular weight is 324 g/mol. The molecule has 0 unspecified atom stereocenters. The summed E-state index contributed by atoms with van der Waals surface area (Å²) in [5, 5.41) is 13.8. The molecule has 0 bridgehead atoms. The number of phenols is 1. The highest BCUT2D eigenvalue weighted by atomic mass is 16.5. The molecule has 126 valence electrons. The van der Waals surface area contributed by atoms with E-state index in [-0.39, 0.29) is 12.2 Å². The summed E-state index contributed by atoms with van der Waals surface area (Å²) in [6.45, 7) is 4.31. The fourth-order valence-electron chi connectivity index (χ4n) is 3.02. The van der Waals surface area contributed by atoms with Crippen molar-refractivity contribution in [3.8, 4) is 11.5 Å². The topological polar surface area (TPSA) is 53.8 Å². The lowest BCUT2D eigenvalue weighted by Gasteiger charge is -2.32. The first-order valence-electron chi connectivity index (χ1n) is 8.33. The van der Waals surface area contributed by atoms with Crippen LogP contribution in [0.15, 0.2) is 53.5 Å². The fraction of sp³-hybridized carbons (Fsp3) is 0.350. The lowest BCUT2D eigenvalue weighted by molar-refractivity contribution is 0.345. The maximum absolute atomic E-state index is 10.2. The lowest BCUT2D eigenvalue weighted by Crippen LogP contribution is -2.41. The highest BCUT2D eigenvalue weighted by Gasteiger charge is 2.27. The highest BCUT2D eigenvalue weighted by Crippen LogP contribution is 2.31. The van der Waals surface area contributed by atoms with E-state index < -0.39 is 0 Å². The molecule has 0 spiro atoms. The molecule has 4 nitrogen and oxygen atoms in total. The lowest BCUT2D eigenvalue weighted by atomic mass is 9.93. The largest absolute Gasteiger partial charge is 0.508 e. The Kier molecular flexibility index (Phi) is 4.86. The number of nitrogens with zero attached hydrogens (tertiary/aromatic N) is 1. The van der Waals surface area contributed by atoms with Crippen LogP contribution in [0, 0.1) is 5.92 Å². The number of ether oxygens (including phenoxy) is 1. The molecular formula is C20H24N2O2. The maximum Gasteiger partial charge on any atom is 0.120 e. The van der Waals surface area contributed by atoms with E-state index in [1.807, 2.05) is 42.5 Å². The zero-order valence-electron chi connectivity index (χ0n) is 14.4. The SMILES string of the molecule is COc1ccc(C2=N[C@@H](C(C)C)N[C@@H](c3ccccc3O)C2)cc1. The first kappa shape index (κ1) is 16.5. The molecule has 2 N–H and O–H groups in total. The average Bonchev–Trinajstić information content (AvgIpc) is 2.61. The smallest absolute Gasteiger partial charge is 0.120 e. The molecular weight excluding hydrogens is 300 g/mol. The standard InChI is InChI=1S/C20H24N2O2/c1-13(2)20-21-17(14-8-10-15(24-3)11-9-14)12-18(22-20)16-6-4-5-7-19(16)23/h4-11,13,18,20,22-23H,12H2,1-3H3/t18-,20-/m1/s1. The second-order valence-electron chi connectivity index (χ2n) is 6.48. The predicted molar refractivity (Wildman–Crippen MR) is 96.8 cm³/mol. The van der Waals surface area contributed by atoms with Gasteiger partial charge in [-0.05, 0) is 41.8 Å². The van der Waals surface area contributed by atoms with Crippen LogP contribution < -0.4 is 10.1 Å². The van der Waals surface area contributed by atoms with E-state index in [9.17, 15) is 5.11 Å². The summed E-state index contributed by atoms with van der Waals surface area (Å²) in [5.74, 6) is 1.53. The Morgan fingerprint density at radius 1 is 1.12 bits per heavy atom. The molecule has 2 aromatic carbocycles. The van der Waals surface area contributed by atoms with Gasteiger partial charge in [0.1, 0.15) is 17.7 Å². The van der Waals surface area contributed by atoms with Crippen LogP contribution >= 0.6 is 0 Å². The highest BCUT2D eigenvalue weighted by molar-refractivity contribution is 6.01. The summed E-state index contributed by atoms with van der Waals surface area (Å²) in [6, 6.07) is 15.6. The van der Waals surface area contributed by atoms with Gasteiger partial charge in [-0.2, -0.15) is 0 Å². The molecule has 0 aromatic heterocycles. The zero-order valence-corrected chi connectivity index (χ0v) is 14.4. The molecule has 0 radical (unpaired) electrons. The van der Waals surface area contributed by atoms with Crippen molar-refractivity contribution in [2.45, 2.75) is 32.5 Å². The van der Waals surface area contributed by atoms with Crippen LogP contribution in [0.1, 0.15) is 37.4 Å². The van der Waals surface area contributed by atoms with Crippen LogP contribution in [0.4, 0.5) is 0 Å². The van der Waals surface area contributed by atoms with Crippen molar-refractivity contribution in [2.75, 3.05) is 7.11 Å². The van der Waals surface area contributed by atoms with Gasteiger partial charge >= 0.3 is 0 Å². The Hall–Kier alpha value is -2.33. The number of rotatable bonds is 4. The molecule has 3 rings (SSSR count). The van der Waals surface area contributed by atoms with E-state index >= 15 is 0 Å². The second-order valence-corrected chi connectivity index (χ2v) is 6.48. The van der Waals surface area contributed by atoms with Gasteiger partial charge in [-0.25, -0.2) is 0 Å². The van der Waals surface area contributed by atoms with Gasteiger partial charge in [0.2, 0.25) is 0 Å². The molecule has 0 fully saturated rings. The maximum atomic E-state index is 10.2. The van der Waals surface area contributed by atoms with Gasteiger partial charge in [0.15, 0.2) is 0 Å². The third-order valence-corrected chi connectivity index (χ3v) is 4.43. The molecule has 1 heterocycles. The summed E-state index contributed by atoms with van der Waals surface area (Å²) in [6.07, 6.45) is 0.771. The molecule has 2 atom stereocenters. The number of methoxy groups -OCH3 is 1. The van der Waals surface area contributed by atoms with E-state index in [1.165, 1.54) is 0 Å². The Morgan fingerprint density at radius 2 is 1.83 bits per heavy atom. The minimum Gasteiger partial charge on any atom is -0.508 e. The predicted octanol–water partition coefficient (Wildman–Crippen LogP) is 3.91. The molecule has 4 heteroatoms. The minimum atomic E-state index is 0.0282. The Bertz CT molecular complexity index is 723. The zero-order chi connectivity index (χ0) is 17.1. The van der Waals surface area contributed by atoms with E-state index in [0.29, 0.717) is 11.7 Å². The van der Waals surface area contributed by atoms with Gasteiger partial charge in [0, 0.05) is 23.7 Å². The van der Waals surface area contributed by atoms with E-state index in [1.54, 1.807) is 13.2 Å². The van der Waals surface area contributed by atoms with Crippen LogP contribution in [0.25, 0.3) is 0 Å². The number of phenolic OH excluding ortho intramolecular Hbond substituents is 1. The van der Waals surface area contributed by atoms with Gasteiger partial charge in [-0.3, -0.25) is 10.3 Å². The number of hydrogen-bond acceptors (Lipinski definition) is 4. The summed E-state index contributed by atoms with van der Waals surface area (Å²) in [4.78, 5) is 4.90. The quantitative estimate of drug-likeness (QED) is 0.896. The molecule has 1 aliphatic rings. The van der Waals surface area contributed by atoms with E-state index in [0.717, 1.165) is 29.0 Å². The number of aromatic hydroxyl groups is 1. The van der Waals surface area contributed by atoms with Crippen molar-refractivity contribution in [1.29, 1.82) is 0 Å². The minimum absolute atomic E-state index is 0.0282. The van der Waals surface area contributed by atoms with E-state index in [4.69, 9.17) is 9.73 Å². The van der Waals surface area contributed by atoms with E-state index in [2.05, 4.69) is 19.2 Å². The van der Waals surface area contributed by atoms with Crippen molar-refractivity contribution in [2.24, 2.45) is 10.9 Å². The molecule has 0 aliphatic carbocycles. The summed E-state index contributed by atoms with van der Waals surface area (Å²) >= 11 is 0. The summed E-state index contributed by atoms with van der Waals surface area (Å²) in [7, 11) is 1.67. The third kappa shape index (κ3) is 3.44. The van der Waals surface area contributed by atoms with Crippen LogP contribution in [-0.4, -0.2) is 24.1 Å². The number of benzene rings is 2. The first-order chi connectivity index (χ1) is 11.6. The number of para-hydroxylation sites is 1. The van der Waals surface area contributed by atoms with Crippen LogP contribution in [0.5, 0.6) is 11.5 Å². The summed E-state index contributed by atoms with van der Waals surface area (Å²) < 4.78 is 5.24. The van der Waals surface area contributed by atoms with Crippen LogP contribution in [-0.2, 0) is 0 Å². The second kappa shape index (κ2) is 7.05. The van der Waals surface area contributed by atoms with Gasteiger partial charge in [0.05, 0.1) is 7.11 Å². The van der Waals surface area contributed by atoms with Crippen molar-refractivity contribution >= 4 is 5.71 Å². The molecule has 24 heavy (non-hydrogen) atoms. The Balaban J connectivity index is 1.93. The molecule has 0 amide bonds. The van der Waals surface area contributed by atoms with Crippen LogP contribution in [0.2, 0.25) is 0 Å². The van der Waals surface area contributed by atoms with Gasteiger partial charge in [-0.1, -0.05) is 32.0 Å². The number of hydrogen-bond donors (Lipinski definition) is 2. The normalized spacial score (nSPS) is 20.8. The fourth-order valence-corrected chi connectivity index (χ4v) is 3.02. The Morgan fingerprint density at radius 3 is 2.46 bits per heavy atom. The molecule has 2 aromatic rings.